The van der Waals surface area contributed by atoms with Gasteiger partial charge in [0.15, 0.2) is 16.1 Å². The third kappa shape index (κ3) is 2.28. The molecule has 0 saturated carbocycles. The Bertz CT molecular complexity index is 1170. The standard InChI is InChI=1S/C18H13ClN2O2S/c1-10-11-6-5-7-12(19)16(11)23-15(10)17(22)20-18-21(2)13-8-3-4-9-14(13)24-18/h3-9H,1-2H3. The Hall–Kier alpha value is -2.37. The zero-order valence-electron chi connectivity index (χ0n) is 13.0. The third-order valence-corrected chi connectivity index (χ3v) is 5.43. The van der Waals surface area contributed by atoms with E-state index in [1.165, 1.54) is 11.3 Å². The summed E-state index contributed by atoms with van der Waals surface area (Å²) in [5, 5.41) is 1.32. The van der Waals surface area contributed by atoms with Crippen molar-refractivity contribution in [2.24, 2.45) is 12.0 Å². The van der Waals surface area contributed by atoms with Gasteiger partial charge in [0.2, 0.25) is 0 Å². The van der Waals surface area contributed by atoms with Crippen molar-refractivity contribution >= 4 is 50.0 Å². The van der Waals surface area contributed by atoms with Gasteiger partial charge >= 0.3 is 5.91 Å². The smallest absolute Gasteiger partial charge is 0.315 e. The van der Waals surface area contributed by atoms with Gasteiger partial charge < -0.3 is 8.98 Å². The molecule has 0 spiro atoms. The van der Waals surface area contributed by atoms with Gasteiger partial charge in [-0.25, -0.2) is 0 Å². The first-order valence-corrected chi connectivity index (χ1v) is 8.57. The Balaban J connectivity index is 1.88. The monoisotopic (exact) mass is 356 g/mol. The zero-order chi connectivity index (χ0) is 16.8. The first-order chi connectivity index (χ1) is 11.6. The molecular weight excluding hydrogens is 344 g/mol. The highest BCUT2D eigenvalue weighted by Gasteiger charge is 2.19. The van der Waals surface area contributed by atoms with Crippen molar-refractivity contribution in [3.63, 3.8) is 0 Å². The summed E-state index contributed by atoms with van der Waals surface area (Å²) in [4.78, 5) is 17.5. The second-order valence-corrected chi connectivity index (χ2v) is 6.92. The predicted molar refractivity (Wildman–Crippen MR) is 96.7 cm³/mol. The summed E-state index contributed by atoms with van der Waals surface area (Å²) < 4.78 is 8.68. The van der Waals surface area contributed by atoms with Crippen LogP contribution in [0.2, 0.25) is 5.02 Å². The zero-order valence-corrected chi connectivity index (χ0v) is 14.6. The second-order valence-electron chi connectivity index (χ2n) is 5.50. The second kappa shape index (κ2) is 5.61. The molecule has 2 aromatic heterocycles. The maximum absolute atomic E-state index is 12.6. The summed E-state index contributed by atoms with van der Waals surface area (Å²) in [6.07, 6.45) is 0. The molecule has 0 radical (unpaired) electrons. The van der Waals surface area contributed by atoms with Crippen molar-refractivity contribution in [1.29, 1.82) is 0 Å². The maximum atomic E-state index is 12.6. The van der Waals surface area contributed by atoms with Crippen molar-refractivity contribution in [3.05, 3.63) is 63.6 Å². The number of amides is 1. The Morgan fingerprint density at radius 3 is 2.75 bits per heavy atom. The number of thiazole rings is 1. The molecular formula is C18H13ClN2O2S. The number of carbonyl (C=O) groups is 1. The number of rotatable bonds is 1. The average molecular weight is 357 g/mol. The first-order valence-electron chi connectivity index (χ1n) is 7.37. The van der Waals surface area contributed by atoms with Gasteiger partial charge in [-0.1, -0.05) is 47.2 Å². The van der Waals surface area contributed by atoms with Gasteiger partial charge in [-0.2, -0.15) is 4.99 Å². The van der Waals surface area contributed by atoms with Crippen LogP contribution in [-0.4, -0.2) is 10.5 Å². The Labute approximate surface area is 146 Å². The van der Waals surface area contributed by atoms with E-state index in [0.717, 1.165) is 21.2 Å². The van der Waals surface area contributed by atoms with Gasteiger partial charge in [0, 0.05) is 18.0 Å². The molecule has 0 atom stereocenters. The van der Waals surface area contributed by atoms with E-state index >= 15 is 0 Å². The number of aromatic nitrogens is 1. The number of halogens is 1. The van der Waals surface area contributed by atoms with E-state index in [0.29, 0.717) is 15.4 Å². The lowest BCUT2D eigenvalue weighted by molar-refractivity contribution is 0.0973. The summed E-state index contributed by atoms with van der Waals surface area (Å²) in [5.74, 6) is -0.169. The molecule has 0 aliphatic rings. The predicted octanol–water partition coefficient (Wildman–Crippen LogP) is 4.69. The number of para-hydroxylation sites is 2. The number of furan rings is 1. The van der Waals surface area contributed by atoms with Crippen molar-refractivity contribution in [2.45, 2.75) is 6.92 Å². The topological polar surface area (TPSA) is 47.5 Å². The molecule has 6 heteroatoms. The minimum Gasteiger partial charge on any atom is -0.449 e. The summed E-state index contributed by atoms with van der Waals surface area (Å²) in [5.41, 5.74) is 2.32. The van der Waals surface area contributed by atoms with E-state index in [9.17, 15) is 4.79 Å². The van der Waals surface area contributed by atoms with Crippen molar-refractivity contribution in [1.82, 2.24) is 4.57 Å². The SMILES string of the molecule is Cc1c(C(=O)N=c2sc3ccccc3n2C)oc2c(Cl)cccc12. The molecule has 120 valence electrons. The Morgan fingerprint density at radius 1 is 1.21 bits per heavy atom. The lowest BCUT2D eigenvalue weighted by Crippen LogP contribution is -2.13. The van der Waals surface area contributed by atoms with Crippen LogP contribution in [0.1, 0.15) is 16.1 Å². The fraction of sp³-hybridized carbons (Fsp3) is 0.111. The van der Waals surface area contributed by atoms with Crippen LogP contribution in [0.4, 0.5) is 0 Å². The van der Waals surface area contributed by atoms with E-state index in [2.05, 4.69) is 4.99 Å². The van der Waals surface area contributed by atoms with Crippen LogP contribution in [0.25, 0.3) is 21.2 Å². The summed E-state index contributed by atoms with van der Waals surface area (Å²) >= 11 is 7.62. The van der Waals surface area contributed by atoms with E-state index in [-0.39, 0.29) is 5.76 Å². The van der Waals surface area contributed by atoms with Crippen LogP contribution in [-0.2, 0) is 7.05 Å². The number of carbonyl (C=O) groups excluding carboxylic acids is 1. The van der Waals surface area contributed by atoms with Gasteiger partial charge in [-0.05, 0) is 25.1 Å². The van der Waals surface area contributed by atoms with Crippen LogP contribution >= 0.6 is 22.9 Å². The molecule has 4 nitrogen and oxygen atoms in total. The van der Waals surface area contributed by atoms with Gasteiger partial charge in [-0.3, -0.25) is 4.79 Å². The van der Waals surface area contributed by atoms with Crippen molar-refractivity contribution in [2.75, 3.05) is 0 Å². The molecule has 0 unspecified atom stereocenters. The number of hydrogen-bond acceptors (Lipinski definition) is 3. The summed E-state index contributed by atoms with van der Waals surface area (Å²) in [6.45, 7) is 1.84. The minimum atomic E-state index is -0.401. The average Bonchev–Trinajstić information content (AvgIpc) is 3.08. The van der Waals surface area contributed by atoms with E-state index in [4.69, 9.17) is 16.0 Å². The molecule has 24 heavy (non-hydrogen) atoms. The van der Waals surface area contributed by atoms with Gasteiger partial charge in [0.25, 0.3) is 0 Å². The van der Waals surface area contributed by atoms with Crippen molar-refractivity contribution < 1.29 is 9.21 Å². The number of nitrogens with zero attached hydrogens (tertiary/aromatic N) is 2. The molecule has 0 N–H and O–H groups in total. The van der Waals surface area contributed by atoms with E-state index in [1.807, 2.05) is 54.9 Å². The minimum absolute atomic E-state index is 0.232. The molecule has 0 fully saturated rings. The largest absolute Gasteiger partial charge is 0.449 e. The highest BCUT2D eigenvalue weighted by molar-refractivity contribution is 7.16. The molecule has 2 aromatic carbocycles. The van der Waals surface area contributed by atoms with Gasteiger partial charge in [-0.15, -0.1) is 0 Å². The van der Waals surface area contributed by atoms with Crippen LogP contribution in [0, 0.1) is 6.92 Å². The molecule has 4 rings (SSSR count). The lowest BCUT2D eigenvalue weighted by Gasteiger charge is -1.94. The third-order valence-electron chi connectivity index (χ3n) is 4.02. The fourth-order valence-electron chi connectivity index (χ4n) is 2.74. The van der Waals surface area contributed by atoms with E-state index < -0.39 is 5.91 Å². The van der Waals surface area contributed by atoms with Crippen molar-refractivity contribution in [3.8, 4) is 0 Å². The lowest BCUT2D eigenvalue weighted by atomic mass is 10.1. The fourth-order valence-corrected chi connectivity index (χ4v) is 3.97. The number of aryl methyl sites for hydroxylation is 2. The van der Waals surface area contributed by atoms with Crippen LogP contribution in [0.15, 0.2) is 51.9 Å². The number of fused-ring (bicyclic) bond motifs is 2. The van der Waals surface area contributed by atoms with Crippen LogP contribution < -0.4 is 4.80 Å². The molecule has 1 amide bonds. The number of benzene rings is 2. The molecule has 4 aromatic rings. The Morgan fingerprint density at radius 2 is 2.00 bits per heavy atom. The molecule has 0 saturated heterocycles. The van der Waals surface area contributed by atoms with Crippen LogP contribution in [0.3, 0.4) is 0 Å². The normalized spacial score (nSPS) is 12.4. The maximum Gasteiger partial charge on any atom is 0.315 e. The molecule has 0 bridgehead atoms. The Kier molecular flexibility index (Phi) is 3.55. The van der Waals surface area contributed by atoms with Gasteiger partial charge in [0.1, 0.15) is 0 Å². The highest BCUT2D eigenvalue weighted by atomic mass is 35.5. The van der Waals surface area contributed by atoms with E-state index in [1.54, 1.807) is 6.07 Å². The highest BCUT2D eigenvalue weighted by Crippen LogP contribution is 2.31. The summed E-state index contributed by atoms with van der Waals surface area (Å²) in [6, 6.07) is 13.4. The molecule has 0 aliphatic carbocycles. The van der Waals surface area contributed by atoms with Gasteiger partial charge in [0.05, 0.1) is 15.2 Å². The quantitative estimate of drug-likeness (QED) is 0.496. The van der Waals surface area contributed by atoms with Crippen LogP contribution in [0.5, 0.6) is 0 Å². The first kappa shape index (κ1) is 15.2. The molecule has 2 heterocycles. The number of hydrogen-bond donors (Lipinski definition) is 0. The molecule has 0 aliphatic heterocycles. The summed E-state index contributed by atoms with van der Waals surface area (Å²) in [7, 11) is 1.90.